The minimum atomic E-state index is -0.794. The summed E-state index contributed by atoms with van der Waals surface area (Å²) in [5, 5.41) is 12.1. The summed E-state index contributed by atoms with van der Waals surface area (Å²) in [6.07, 6.45) is 7.86. The van der Waals surface area contributed by atoms with Gasteiger partial charge in [-0.2, -0.15) is 0 Å². The molecule has 2 aliphatic rings. The van der Waals surface area contributed by atoms with E-state index in [1.807, 2.05) is 36.4 Å². The third-order valence-corrected chi connectivity index (χ3v) is 7.67. The lowest BCUT2D eigenvalue weighted by Crippen LogP contribution is -2.28. The molecule has 7 heteroatoms. The highest BCUT2D eigenvalue weighted by molar-refractivity contribution is 5.91. The van der Waals surface area contributed by atoms with Crippen LogP contribution in [0.5, 0.6) is 0 Å². The largest absolute Gasteiger partial charge is 0.481 e. The van der Waals surface area contributed by atoms with Gasteiger partial charge in [-0.3, -0.25) is 9.59 Å². The number of aromatic nitrogens is 1. The molecule has 1 aromatic heterocycles. The number of amides is 1. The van der Waals surface area contributed by atoms with Crippen LogP contribution in [-0.4, -0.2) is 40.7 Å². The van der Waals surface area contributed by atoms with Crippen LogP contribution < -0.4 is 5.32 Å². The maximum Gasteiger partial charge on any atom is 0.303 e. The highest BCUT2D eigenvalue weighted by Crippen LogP contribution is 2.50. The van der Waals surface area contributed by atoms with E-state index >= 15 is 0 Å². The van der Waals surface area contributed by atoms with Crippen LogP contribution in [0.1, 0.15) is 71.1 Å². The SMILES string of the molecule is O=C(O)CCc1ccccc1C[C@@H]1[C@H](c2nc(C(=O)NCCCCc3ccccc3)co2)[C@H]2CC[C@@H]1O2. The highest BCUT2D eigenvalue weighted by atomic mass is 16.5. The minimum absolute atomic E-state index is 0.0151. The average molecular weight is 503 g/mol. The molecular weight excluding hydrogens is 468 g/mol. The molecule has 0 radical (unpaired) electrons. The number of aliphatic carboxylic acids is 1. The molecule has 0 aliphatic carbocycles. The van der Waals surface area contributed by atoms with Crippen LogP contribution in [0.4, 0.5) is 0 Å². The summed E-state index contributed by atoms with van der Waals surface area (Å²) in [6, 6.07) is 18.4. The van der Waals surface area contributed by atoms with Gasteiger partial charge >= 0.3 is 5.97 Å². The van der Waals surface area contributed by atoms with Crippen molar-refractivity contribution in [2.75, 3.05) is 6.54 Å². The molecule has 0 saturated carbocycles. The predicted molar refractivity (Wildman–Crippen MR) is 138 cm³/mol. The molecule has 37 heavy (non-hydrogen) atoms. The normalized spacial score (nSPS) is 22.3. The van der Waals surface area contributed by atoms with Crippen LogP contribution in [0.15, 0.2) is 65.3 Å². The quantitative estimate of drug-likeness (QED) is 0.340. The smallest absolute Gasteiger partial charge is 0.303 e. The first kappa shape index (κ1) is 25.2. The molecule has 2 fully saturated rings. The molecule has 2 aromatic carbocycles. The summed E-state index contributed by atoms with van der Waals surface area (Å²) in [6.45, 7) is 0.598. The van der Waals surface area contributed by atoms with Crippen molar-refractivity contribution in [3.63, 3.8) is 0 Å². The van der Waals surface area contributed by atoms with E-state index in [-0.39, 0.29) is 36.4 Å². The van der Waals surface area contributed by atoms with Gasteiger partial charge in [-0.1, -0.05) is 54.6 Å². The number of fused-ring (bicyclic) bond motifs is 2. The van der Waals surface area contributed by atoms with Crippen molar-refractivity contribution >= 4 is 11.9 Å². The highest BCUT2D eigenvalue weighted by Gasteiger charge is 2.51. The number of oxazole rings is 1. The first-order valence-electron chi connectivity index (χ1n) is 13.3. The van der Waals surface area contributed by atoms with E-state index in [2.05, 4.69) is 28.5 Å². The van der Waals surface area contributed by atoms with E-state index in [0.29, 0.717) is 24.6 Å². The molecular formula is C30H34N2O5. The van der Waals surface area contributed by atoms with Gasteiger partial charge in [0.2, 0.25) is 5.89 Å². The molecule has 3 aromatic rings. The van der Waals surface area contributed by atoms with Gasteiger partial charge < -0.3 is 19.6 Å². The molecule has 2 bridgehead atoms. The van der Waals surface area contributed by atoms with Gasteiger partial charge in [0, 0.05) is 18.9 Å². The summed E-state index contributed by atoms with van der Waals surface area (Å²) in [4.78, 5) is 28.4. The Morgan fingerprint density at radius 2 is 1.70 bits per heavy atom. The Morgan fingerprint density at radius 1 is 0.946 bits per heavy atom. The lowest BCUT2D eigenvalue weighted by atomic mass is 9.75. The van der Waals surface area contributed by atoms with E-state index in [9.17, 15) is 9.59 Å². The van der Waals surface area contributed by atoms with Gasteiger partial charge in [0.05, 0.1) is 18.1 Å². The lowest BCUT2D eigenvalue weighted by molar-refractivity contribution is -0.136. The molecule has 3 heterocycles. The number of hydrogen-bond donors (Lipinski definition) is 2. The van der Waals surface area contributed by atoms with Crippen molar-refractivity contribution in [2.24, 2.45) is 5.92 Å². The van der Waals surface area contributed by atoms with E-state index in [1.54, 1.807) is 0 Å². The number of nitrogens with zero attached hydrogens (tertiary/aromatic N) is 1. The van der Waals surface area contributed by atoms with E-state index < -0.39 is 5.97 Å². The third kappa shape index (κ3) is 6.10. The summed E-state index contributed by atoms with van der Waals surface area (Å²) in [5.74, 6) is -0.280. The number of ether oxygens (including phenoxy) is 1. The van der Waals surface area contributed by atoms with Crippen LogP contribution in [0.25, 0.3) is 0 Å². The van der Waals surface area contributed by atoms with Gasteiger partial charge in [0.25, 0.3) is 5.91 Å². The third-order valence-electron chi connectivity index (χ3n) is 7.67. The number of carbonyl (C=O) groups excluding carboxylic acids is 1. The predicted octanol–water partition coefficient (Wildman–Crippen LogP) is 4.95. The van der Waals surface area contributed by atoms with Crippen molar-refractivity contribution in [2.45, 2.75) is 69.5 Å². The number of aryl methyl sites for hydroxylation is 2. The number of carboxylic acids is 1. The van der Waals surface area contributed by atoms with Crippen LogP contribution in [0.2, 0.25) is 0 Å². The fourth-order valence-electron chi connectivity index (χ4n) is 5.81. The van der Waals surface area contributed by atoms with Gasteiger partial charge in [-0.05, 0) is 61.6 Å². The monoisotopic (exact) mass is 502 g/mol. The molecule has 2 saturated heterocycles. The summed E-state index contributed by atoms with van der Waals surface area (Å²) in [5.41, 5.74) is 3.82. The van der Waals surface area contributed by atoms with Crippen molar-refractivity contribution < 1.29 is 23.8 Å². The Balaban J connectivity index is 1.19. The Labute approximate surface area is 217 Å². The van der Waals surface area contributed by atoms with E-state index in [0.717, 1.165) is 49.7 Å². The molecule has 5 rings (SSSR count). The van der Waals surface area contributed by atoms with Crippen LogP contribution >= 0.6 is 0 Å². The molecule has 194 valence electrons. The van der Waals surface area contributed by atoms with Gasteiger partial charge in [0.15, 0.2) is 5.69 Å². The summed E-state index contributed by atoms with van der Waals surface area (Å²) >= 11 is 0. The van der Waals surface area contributed by atoms with Crippen LogP contribution in [0, 0.1) is 5.92 Å². The zero-order valence-electron chi connectivity index (χ0n) is 21.0. The zero-order chi connectivity index (χ0) is 25.6. The number of carbonyl (C=O) groups is 2. The number of unbranched alkanes of at least 4 members (excludes halogenated alkanes) is 1. The number of benzene rings is 2. The number of hydrogen-bond acceptors (Lipinski definition) is 5. The van der Waals surface area contributed by atoms with Gasteiger partial charge in [0.1, 0.15) is 6.26 Å². The Hall–Kier alpha value is -3.45. The molecule has 0 unspecified atom stereocenters. The second kappa shape index (κ2) is 11.7. The fraction of sp³-hybridized carbons (Fsp3) is 0.433. The Kier molecular flexibility index (Phi) is 7.99. The van der Waals surface area contributed by atoms with Crippen molar-refractivity contribution in [3.05, 3.63) is 89.1 Å². The summed E-state index contributed by atoms with van der Waals surface area (Å²) in [7, 11) is 0. The molecule has 7 nitrogen and oxygen atoms in total. The van der Waals surface area contributed by atoms with Crippen LogP contribution in [0.3, 0.4) is 0 Å². The second-order valence-corrected chi connectivity index (χ2v) is 10.1. The topological polar surface area (TPSA) is 102 Å². The maximum absolute atomic E-state index is 12.7. The number of rotatable bonds is 12. The molecule has 0 spiro atoms. The lowest BCUT2D eigenvalue weighted by Gasteiger charge is -2.26. The molecule has 2 N–H and O–H groups in total. The summed E-state index contributed by atoms with van der Waals surface area (Å²) < 4.78 is 12.1. The van der Waals surface area contributed by atoms with Crippen molar-refractivity contribution in [1.29, 1.82) is 0 Å². The van der Waals surface area contributed by atoms with E-state index in [4.69, 9.17) is 14.3 Å². The molecule has 4 atom stereocenters. The standard InChI is InChI=1S/C30H34N2O5/c33-27(34)16-13-21-11-4-5-12-22(21)18-23-25-14-15-26(37-25)28(23)30-32-24(19-36-30)29(35)31-17-7-6-10-20-8-2-1-3-9-20/h1-5,8-9,11-12,19,23,25-26,28H,6-7,10,13-18H2,(H,31,35)(H,33,34)/t23-,25-,26+,28-/m0/s1. The van der Waals surface area contributed by atoms with Crippen molar-refractivity contribution in [1.82, 2.24) is 10.3 Å². The van der Waals surface area contributed by atoms with Gasteiger partial charge in [-0.15, -0.1) is 0 Å². The molecule has 2 aliphatic heterocycles. The van der Waals surface area contributed by atoms with Gasteiger partial charge in [-0.25, -0.2) is 4.98 Å². The second-order valence-electron chi connectivity index (χ2n) is 10.1. The Bertz CT molecular complexity index is 1210. The Morgan fingerprint density at radius 3 is 2.51 bits per heavy atom. The molecule has 1 amide bonds. The first-order valence-corrected chi connectivity index (χ1v) is 13.3. The average Bonchev–Trinajstić information content (AvgIpc) is 3.65. The number of nitrogens with one attached hydrogen (secondary N) is 1. The van der Waals surface area contributed by atoms with E-state index in [1.165, 1.54) is 11.8 Å². The van der Waals surface area contributed by atoms with Crippen LogP contribution in [-0.2, 0) is 28.8 Å². The minimum Gasteiger partial charge on any atom is -0.481 e. The number of carboxylic acid groups (broad SMARTS) is 1. The first-order chi connectivity index (χ1) is 18.1. The fourth-order valence-corrected chi connectivity index (χ4v) is 5.81. The maximum atomic E-state index is 12.7. The zero-order valence-corrected chi connectivity index (χ0v) is 21.0. The van der Waals surface area contributed by atoms with Crippen molar-refractivity contribution in [3.8, 4) is 0 Å².